The van der Waals surface area contributed by atoms with Gasteiger partial charge in [-0.05, 0) is 38.3 Å². The minimum Gasteiger partial charge on any atom is -0.477 e. The van der Waals surface area contributed by atoms with E-state index >= 15 is 0 Å². The van der Waals surface area contributed by atoms with Crippen LogP contribution in [0.5, 0.6) is 0 Å². The average Bonchev–Trinajstić information content (AvgIpc) is 3.04. The van der Waals surface area contributed by atoms with Gasteiger partial charge in [-0.15, -0.1) is 0 Å². The predicted octanol–water partition coefficient (Wildman–Crippen LogP) is 2.74. The van der Waals surface area contributed by atoms with Gasteiger partial charge in [0, 0.05) is 20.1 Å². The molecule has 0 amide bonds. The van der Waals surface area contributed by atoms with E-state index in [2.05, 4.69) is 28.8 Å². The molecule has 1 saturated heterocycles. The summed E-state index contributed by atoms with van der Waals surface area (Å²) in [6.07, 6.45) is 2.11. The zero-order chi connectivity index (χ0) is 15.6. The molecule has 1 fully saturated rings. The van der Waals surface area contributed by atoms with Crippen molar-refractivity contribution in [3.8, 4) is 0 Å². The molecule has 1 aromatic heterocycles. The Bertz CT molecular complexity index is 503. The number of nitrogens with zero attached hydrogens (tertiary/aromatic N) is 3. The third kappa shape index (κ3) is 3.74. The highest BCUT2D eigenvalue weighted by atomic mass is 32.1. The highest BCUT2D eigenvalue weighted by Crippen LogP contribution is 2.32. The molecule has 118 valence electrons. The molecule has 1 aliphatic heterocycles. The van der Waals surface area contributed by atoms with Crippen LogP contribution in [0, 0.1) is 5.92 Å². The van der Waals surface area contributed by atoms with Crippen LogP contribution in [-0.2, 0) is 0 Å². The molecule has 1 aliphatic rings. The van der Waals surface area contributed by atoms with Gasteiger partial charge in [0.1, 0.15) is 4.88 Å². The summed E-state index contributed by atoms with van der Waals surface area (Å²) in [6.45, 7) is 7.30. The zero-order valence-electron chi connectivity index (χ0n) is 13.3. The highest BCUT2D eigenvalue weighted by Gasteiger charge is 2.25. The van der Waals surface area contributed by atoms with E-state index in [0.717, 1.165) is 36.9 Å². The van der Waals surface area contributed by atoms with Gasteiger partial charge in [-0.3, -0.25) is 0 Å². The van der Waals surface area contributed by atoms with Crippen molar-refractivity contribution in [3.63, 3.8) is 0 Å². The molecule has 1 N–H and O–H groups in total. The van der Waals surface area contributed by atoms with E-state index in [-0.39, 0.29) is 5.92 Å². The van der Waals surface area contributed by atoms with Gasteiger partial charge in [0.15, 0.2) is 5.13 Å². The van der Waals surface area contributed by atoms with Gasteiger partial charge < -0.3 is 14.9 Å². The first-order chi connectivity index (χ1) is 9.92. The van der Waals surface area contributed by atoms with Gasteiger partial charge in [0.2, 0.25) is 0 Å². The number of carboxylic acid groups (broad SMARTS) is 1. The summed E-state index contributed by atoms with van der Waals surface area (Å²) in [7, 11) is 4.16. The lowest BCUT2D eigenvalue weighted by Crippen LogP contribution is -2.27. The lowest BCUT2D eigenvalue weighted by Gasteiger charge is -2.20. The Balaban J connectivity index is 2.13. The number of hydrogen-bond acceptors (Lipinski definition) is 5. The van der Waals surface area contributed by atoms with Gasteiger partial charge in [-0.25, -0.2) is 9.78 Å². The van der Waals surface area contributed by atoms with Gasteiger partial charge in [-0.2, -0.15) is 0 Å². The van der Waals surface area contributed by atoms with Crippen molar-refractivity contribution in [3.05, 3.63) is 10.6 Å². The Kier molecular flexibility index (Phi) is 5.22. The quantitative estimate of drug-likeness (QED) is 0.875. The summed E-state index contributed by atoms with van der Waals surface area (Å²) in [5.74, 6) is -0.0283. The number of thiazole rings is 1. The fraction of sp³-hybridized carbons (Fsp3) is 0.733. The van der Waals surface area contributed by atoms with E-state index in [0.29, 0.717) is 10.8 Å². The summed E-state index contributed by atoms with van der Waals surface area (Å²) in [5, 5.41) is 10.2. The summed E-state index contributed by atoms with van der Waals surface area (Å²) in [4.78, 5) is 20.9. The Hall–Kier alpha value is -1.14. The van der Waals surface area contributed by atoms with Gasteiger partial charge >= 0.3 is 5.97 Å². The molecule has 2 atom stereocenters. The largest absolute Gasteiger partial charge is 0.477 e. The maximum Gasteiger partial charge on any atom is 0.347 e. The second kappa shape index (κ2) is 6.75. The second-order valence-electron chi connectivity index (χ2n) is 6.12. The van der Waals surface area contributed by atoms with Crippen LogP contribution in [0.25, 0.3) is 0 Å². The van der Waals surface area contributed by atoms with Crippen molar-refractivity contribution in [2.45, 2.75) is 32.6 Å². The molecule has 0 bridgehead atoms. The van der Waals surface area contributed by atoms with E-state index in [4.69, 9.17) is 0 Å². The number of rotatable bonds is 6. The molecular weight excluding hydrogens is 286 g/mol. The molecule has 0 radical (unpaired) electrons. The fourth-order valence-electron chi connectivity index (χ4n) is 2.80. The molecule has 0 aromatic carbocycles. The van der Waals surface area contributed by atoms with Gasteiger partial charge in [0.05, 0.1) is 5.69 Å². The summed E-state index contributed by atoms with van der Waals surface area (Å²) in [5.41, 5.74) is 0.736. The second-order valence-corrected chi connectivity index (χ2v) is 7.10. The minimum absolute atomic E-state index is 0.187. The van der Waals surface area contributed by atoms with Gasteiger partial charge in [-0.1, -0.05) is 25.2 Å². The number of carboxylic acids is 1. The Morgan fingerprint density at radius 2 is 2.33 bits per heavy atom. The first-order valence-electron chi connectivity index (χ1n) is 7.56. The van der Waals surface area contributed by atoms with Crippen molar-refractivity contribution in [1.82, 2.24) is 9.88 Å². The minimum atomic E-state index is -0.858. The molecule has 0 aliphatic carbocycles. The third-order valence-electron chi connectivity index (χ3n) is 4.26. The van der Waals surface area contributed by atoms with E-state index in [9.17, 15) is 9.90 Å². The maximum atomic E-state index is 11.4. The van der Waals surface area contributed by atoms with Crippen LogP contribution in [0.15, 0.2) is 0 Å². The van der Waals surface area contributed by atoms with Crippen molar-refractivity contribution in [1.29, 1.82) is 0 Å². The Morgan fingerprint density at radius 1 is 1.62 bits per heavy atom. The fourth-order valence-corrected chi connectivity index (χ4v) is 3.80. The van der Waals surface area contributed by atoms with Crippen molar-refractivity contribution in [2.75, 3.05) is 38.6 Å². The number of likely N-dealkylation sites (tertiary alicyclic amines) is 1. The predicted molar refractivity (Wildman–Crippen MR) is 86.7 cm³/mol. The van der Waals surface area contributed by atoms with E-state index < -0.39 is 5.97 Å². The molecule has 1 aromatic rings. The molecule has 2 rings (SSSR count). The van der Waals surface area contributed by atoms with Gasteiger partial charge in [0.25, 0.3) is 0 Å². The normalized spacial score (nSPS) is 20.7. The standard InChI is InChI=1S/C15H25N3O2S/c1-5-10(2)12-13(14(19)20)21-15(16-12)18(4)9-11-6-7-17(3)8-11/h10-11H,5-9H2,1-4H3,(H,19,20). The summed E-state index contributed by atoms with van der Waals surface area (Å²) in [6, 6.07) is 0. The van der Waals surface area contributed by atoms with E-state index in [1.165, 1.54) is 17.8 Å². The first kappa shape index (κ1) is 16.2. The highest BCUT2D eigenvalue weighted by molar-refractivity contribution is 7.17. The lowest BCUT2D eigenvalue weighted by molar-refractivity contribution is 0.0700. The summed E-state index contributed by atoms with van der Waals surface area (Å²) < 4.78 is 0. The first-order valence-corrected chi connectivity index (χ1v) is 8.37. The molecule has 2 unspecified atom stereocenters. The monoisotopic (exact) mass is 311 g/mol. The molecular formula is C15H25N3O2S. The molecule has 5 nitrogen and oxygen atoms in total. The number of anilines is 1. The Labute approximate surface area is 130 Å². The van der Waals surface area contributed by atoms with Crippen molar-refractivity contribution in [2.24, 2.45) is 5.92 Å². The number of hydrogen-bond donors (Lipinski definition) is 1. The Morgan fingerprint density at radius 3 is 2.86 bits per heavy atom. The van der Waals surface area contributed by atoms with Crippen LogP contribution < -0.4 is 4.90 Å². The number of aromatic nitrogens is 1. The molecule has 0 saturated carbocycles. The SMILES string of the molecule is CCC(C)c1nc(N(C)CC2CCN(C)C2)sc1C(=O)O. The van der Waals surface area contributed by atoms with Crippen LogP contribution in [0.2, 0.25) is 0 Å². The van der Waals surface area contributed by atoms with Crippen molar-refractivity contribution >= 4 is 22.4 Å². The molecule has 2 heterocycles. The van der Waals surface area contributed by atoms with Crippen LogP contribution in [0.3, 0.4) is 0 Å². The van der Waals surface area contributed by atoms with E-state index in [1.54, 1.807) is 0 Å². The molecule has 21 heavy (non-hydrogen) atoms. The van der Waals surface area contributed by atoms with Crippen LogP contribution in [-0.4, -0.2) is 54.7 Å². The van der Waals surface area contributed by atoms with Crippen molar-refractivity contribution < 1.29 is 9.90 Å². The van der Waals surface area contributed by atoms with Crippen LogP contribution in [0.1, 0.15) is 48.0 Å². The average molecular weight is 311 g/mol. The summed E-state index contributed by atoms with van der Waals surface area (Å²) >= 11 is 1.31. The molecule has 6 heteroatoms. The maximum absolute atomic E-state index is 11.4. The zero-order valence-corrected chi connectivity index (χ0v) is 14.1. The smallest absolute Gasteiger partial charge is 0.347 e. The number of carbonyl (C=O) groups is 1. The van der Waals surface area contributed by atoms with E-state index in [1.807, 2.05) is 14.0 Å². The number of aromatic carboxylic acids is 1. The van der Waals surface area contributed by atoms with Crippen LogP contribution in [0.4, 0.5) is 5.13 Å². The lowest BCUT2D eigenvalue weighted by atomic mass is 10.0. The molecule has 0 spiro atoms. The third-order valence-corrected chi connectivity index (χ3v) is 5.44. The topological polar surface area (TPSA) is 56.7 Å². The van der Waals surface area contributed by atoms with Crippen LogP contribution >= 0.6 is 11.3 Å².